The Bertz CT molecular complexity index is 414. The van der Waals surface area contributed by atoms with E-state index in [1.54, 1.807) is 24.3 Å². The van der Waals surface area contributed by atoms with Crippen LogP contribution in [0.1, 0.15) is 48.0 Å². The van der Waals surface area contributed by atoms with E-state index < -0.39 is 11.4 Å². The minimum atomic E-state index is -0.740. The first-order valence-corrected chi connectivity index (χ1v) is 5.98. The molecule has 0 heterocycles. The second-order valence-corrected chi connectivity index (χ2v) is 4.69. The SMILES string of the molecule is O=Cc1ccc(C2(C(=O)O)CCCCC2)cc1. The van der Waals surface area contributed by atoms with Crippen molar-refractivity contribution in [2.75, 3.05) is 0 Å². The van der Waals surface area contributed by atoms with Gasteiger partial charge >= 0.3 is 5.97 Å². The van der Waals surface area contributed by atoms with E-state index in [0.717, 1.165) is 31.1 Å². The lowest BCUT2D eigenvalue weighted by atomic mass is 9.69. The van der Waals surface area contributed by atoms with Gasteiger partial charge in [0.2, 0.25) is 0 Å². The molecule has 0 aromatic heterocycles. The fourth-order valence-electron chi connectivity index (χ4n) is 2.66. The largest absolute Gasteiger partial charge is 0.481 e. The molecule has 1 aliphatic rings. The molecule has 1 saturated carbocycles. The van der Waals surface area contributed by atoms with E-state index in [4.69, 9.17) is 0 Å². The summed E-state index contributed by atoms with van der Waals surface area (Å²) in [5, 5.41) is 9.50. The molecule has 0 spiro atoms. The van der Waals surface area contributed by atoms with E-state index in [9.17, 15) is 14.7 Å². The Morgan fingerprint density at radius 2 is 1.71 bits per heavy atom. The lowest BCUT2D eigenvalue weighted by Crippen LogP contribution is -2.37. The summed E-state index contributed by atoms with van der Waals surface area (Å²) in [5.74, 6) is -0.740. The fraction of sp³-hybridized carbons (Fsp3) is 0.429. The highest BCUT2D eigenvalue weighted by Gasteiger charge is 2.41. The molecule has 1 N–H and O–H groups in total. The zero-order valence-electron chi connectivity index (χ0n) is 9.69. The Morgan fingerprint density at radius 1 is 1.12 bits per heavy atom. The van der Waals surface area contributed by atoms with Gasteiger partial charge in [0.1, 0.15) is 6.29 Å². The molecule has 3 heteroatoms. The molecule has 0 unspecified atom stereocenters. The summed E-state index contributed by atoms with van der Waals surface area (Å²) in [7, 11) is 0. The molecular weight excluding hydrogens is 216 g/mol. The topological polar surface area (TPSA) is 54.4 Å². The van der Waals surface area contributed by atoms with Crippen LogP contribution in [0.5, 0.6) is 0 Å². The minimum Gasteiger partial charge on any atom is -0.481 e. The number of benzene rings is 1. The molecule has 90 valence electrons. The summed E-state index contributed by atoms with van der Waals surface area (Å²) < 4.78 is 0. The number of hydrogen-bond acceptors (Lipinski definition) is 2. The lowest BCUT2D eigenvalue weighted by Gasteiger charge is -2.33. The van der Waals surface area contributed by atoms with Gasteiger partial charge in [-0.25, -0.2) is 0 Å². The van der Waals surface area contributed by atoms with Gasteiger partial charge in [0.15, 0.2) is 0 Å². The Labute approximate surface area is 100 Å². The van der Waals surface area contributed by atoms with Crippen LogP contribution in [0.4, 0.5) is 0 Å². The van der Waals surface area contributed by atoms with Crippen LogP contribution in [0.15, 0.2) is 24.3 Å². The quantitative estimate of drug-likeness (QED) is 0.815. The normalized spacial score (nSPS) is 18.6. The number of carbonyl (C=O) groups excluding carboxylic acids is 1. The lowest BCUT2D eigenvalue weighted by molar-refractivity contribution is -0.145. The summed E-state index contributed by atoms with van der Waals surface area (Å²) in [6.07, 6.45) is 5.20. The molecule has 0 amide bonds. The monoisotopic (exact) mass is 232 g/mol. The molecule has 0 radical (unpaired) electrons. The second-order valence-electron chi connectivity index (χ2n) is 4.69. The number of hydrogen-bond donors (Lipinski definition) is 1. The summed E-state index contributed by atoms with van der Waals surface area (Å²) in [4.78, 5) is 22.2. The molecule has 2 rings (SSSR count). The van der Waals surface area contributed by atoms with Crippen LogP contribution in [0, 0.1) is 0 Å². The molecule has 0 atom stereocenters. The average Bonchev–Trinajstić information content (AvgIpc) is 2.39. The highest BCUT2D eigenvalue weighted by atomic mass is 16.4. The molecule has 0 aliphatic heterocycles. The Morgan fingerprint density at radius 3 is 2.18 bits per heavy atom. The van der Waals surface area contributed by atoms with Crippen molar-refractivity contribution in [3.05, 3.63) is 35.4 Å². The van der Waals surface area contributed by atoms with Crippen molar-refractivity contribution in [2.24, 2.45) is 0 Å². The third-order valence-electron chi connectivity index (χ3n) is 3.72. The minimum absolute atomic E-state index is 0.588. The molecule has 3 nitrogen and oxygen atoms in total. The molecule has 1 aromatic carbocycles. The third-order valence-corrected chi connectivity index (χ3v) is 3.72. The standard InChI is InChI=1S/C14H16O3/c15-10-11-4-6-12(7-5-11)14(13(16)17)8-2-1-3-9-14/h4-7,10H,1-3,8-9H2,(H,16,17). The summed E-state index contributed by atoms with van der Waals surface area (Å²) in [5.41, 5.74) is 0.681. The second kappa shape index (κ2) is 4.70. The third kappa shape index (κ3) is 2.09. The highest BCUT2D eigenvalue weighted by molar-refractivity contribution is 5.82. The van der Waals surface area contributed by atoms with Crippen molar-refractivity contribution >= 4 is 12.3 Å². The smallest absolute Gasteiger partial charge is 0.314 e. The average molecular weight is 232 g/mol. The molecule has 0 saturated heterocycles. The van der Waals surface area contributed by atoms with E-state index in [-0.39, 0.29) is 0 Å². The van der Waals surface area contributed by atoms with Gasteiger partial charge in [-0.05, 0) is 18.4 Å². The zero-order valence-corrected chi connectivity index (χ0v) is 9.69. The first-order chi connectivity index (χ1) is 8.19. The molecule has 1 aliphatic carbocycles. The first-order valence-electron chi connectivity index (χ1n) is 5.98. The predicted molar refractivity (Wildman–Crippen MR) is 64.2 cm³/mol. The Balaban J connectivity index is 2.37. The van der Waals surface area contributed by atoms with Crippen LogP contribution < -0.4 is 0 Å². The van der Waals surface area contributed by atoms with E-state index in [1.165, 1.54) is 0 Å². The van der Waals surface area contributed by atoms with Crippen molar-refractivity contribution in [3.8, 4) is 0 Å². The van der Waals surface area contributed by atoms with E-state index in [2.05, 4.69) is 0 Å². The Kier molecular flexibility index (Phi) is 3.27. The van der Waals surface area contributed by atoms with Gasteiger partial charge in [-0.3, -0.25) is 9.59 Å². The predicted octanol–water partition coefficient (Wildman–Crippen LogP) is 2.79. The zero-order chi connectivity index (χ0) is 12.3. The van der Waals surface area contributed by atoms with Crippen LogP contribution in [0.25, 0.3) is 0 Å². The number of carboxylic acid groups (broad SMARTS) is 1. The number of aldehydes is 1. The van der Waals surface area contributed by atoms with Crippen LogP contribution in [-0.4, -0.2) is 17.4 Å². The van der Waals surface area contributed by atoms with Gasteiger partial charge in [-0.15, -0.1) is 0 Å². The molecular formula is C14H16O3. The van der Waals surface area contributed by atoms with Crippen molar-refractivity contribution < 1.29 is 14.7 Å². The van der Waals surface area contributed by atoms with Crippen LogP contribution in [0.3, 0.4) is 0 Å². The molecule has 1 aromatic rings. The van der Waals surface area contributed by atoms with E-state index in [0.29, 0.717) is 18.4 Å². The van der Waals surface area contributed by atoms with Gasteiger partial charge in [-0.1, -0.05) is 43.5 Å². The van der Waals surface area contributed by atoms with Gasteiger partial charge in [0.25, 0.3) is 0 Å². The number of carbonyl (C=O) groups is 2. The maximum absolute atomic E-state index is 11.6. The van der Waals surface area contributed by atoms with Crippen LogP contribution in [0.2, 0.25) is 0 Å². The maximum atomic E-state index is 11.6. The van der Waals surface area contributed by atoms with Crippen LogP contribution >= 0.6 is 0 Å². The number of carboxylic acids is 1. The summed E-state index contributed by atoms with van der Waals surface area (Å²) in [6, 6.07) is 6.95. The number of aliphatic carboxylic acids is 1. The molecule has 1 fully saturated rings. The van der Waals surface area contributed by atoms with Crippen molar-refractivity contribution in [1.82, 2.24) is 0 Å². The van der Waals surface area contributed by atoms with Gasteiger partial charge in [-0.2, -0.15) is 0 Å². The van der Waals surface area contributed by atoms with Crippen molar-refractivity contribution in [2.45, 2.75) is 37.5 Å². The fourth-order valence-corrected chi connectivity index (χ4v) is 2.66. The maximum Gasteiger partial charge on any atom is 0.314 e. The van der Waals surface area contributed by atoms with E-state index >= 15 is 0 Å². The molecule has 17 heavy (non-hydrogen) atoms. The first kappa shape index (κ1) is 11.8. The van der Waals surface area contributed by atoms with Crippen LogP contribution in [-0.2, 0) is 10.2 Å². The van der Waals surface area contributed by atoms with Gasteiger partial charge < -0.3 is 5.11 Å². The highest BCUT2D eigenvalue weighted by Crippen LogP contribution is 2.39. The number of rotatable bonds is 3. The van der Waals surface area contributed by atoms with Gasteiger partial charge in [0, 0.05) is 5.56 Å². The summed E-state index contributed by atoms with van der Waals surface area (Å²) in [6.45, 7) is 0. The van der Waals surface area contributed by atoms with Crippen molar-refractivity contribution in [1.29, 1.82) is 0 Å². The van der Waals surface area contributed by atoms with Gasteiger partial charge in [0.05, 0.1) is 5.41 Å². The summed E-state index contributed by atoms with van der Waals surface area (Å²) >= 11 is 0. The van der Waals surface area contributed by atoms with E-state index in [1.807, 2.05) is 0 Å². The molecule has 0 bridgehead atoms. The van der Waals surface area contributed by atoms with Crippen molar-refractivity contribution in [3.63, 3.8) is 0 Å². The Hall–Kier alpha value is -1.64.